The topological polar surface area (TPSA) is 95.5 Å². The first kappa shape index (κ1) is 15.9. The fourth-order valence-corrected chi connectivity index (χ4v) is 3.27. The number of nitrogens with one attached hydrogen (secondary N) is 2. The molecule has 0 radical (unpaired) electrons. The molecular weight excluding hydrogens is 292 g/mol. The number of hydrogen-bond donors (Lipinski definition) is 3. The van der Waals surface area contributed by atoms with Crippen LogP contribution in [-0.4, -0.2) is 32.6 Å². The van der Waals surface area contributed by atoms with E-state index in [9.17, 15) is 18.3 Å². The SMILES string of the molecule is CC1C(=O)Nc2ccc(S(=O)(=O)NCC(C)(C)CO)cc21. The van der Waals surface area contributed by atoms with Crippen LogP contribution >= 0.6 is 0 Å². The molecule has 7 heteroatoms. The zero-order chi connectivity index (χ0) is 15.8. The van der Waals surface area contributed by atoms with Crippen LogP contribution in [0.3, 0.4) is 0 Å². The van der Waals surface area contributed by atoms with E-state index in [-0.39, 0.29) is 29.9 Å². The van der Waals surface area contributed by atoms with Crippen molar-refractivity contribution < 1.29 is 18.3 Å². The maximum absolute atomic E-state index is 12.3. The van der Waals surface area contributed by atoms with E-state index in [4.69, 9.17) is 0 Å². The van der Waals surface area contributed by atoms with Gasteiger partial charge in [-0.15, -0.1) is 0 Å². The normalized spacial score (nSPS) is 18.5. The van der Waals surface area contributed by atoms with E-state index in [2.05, 4.69) is 10.0 Å². The zero-order valence-corrected chi connectivity index (χ0v) is 13.1. The van der Waals surface area contributed by atoms with Crippen LogP contribution in [0.25, 0.3) is 0 Å². The van der Waals surface area contributed by atoms with Crippen LogP contribution in [0.5, 0.6) is 0 Å². The summed E-state index contributed by atoms with van der Waals surface area (Å²) in [5.41, 5.74) is 0.806. The molecule has 0 saturated carbocycles. The molecule has 21 heavy (non-hydrogen) atoms. The van der Waals surface area contributed by atoms with E-state index < -0.39 is 15.4 Å². The maximum atomic E-state index is 12.3. The van der Waals surface area contributed by atoms with E-state index in [1.54, 1.807) is 26.8 Å². The van der Waals surface area contributed by atoms with Crippen molar-refractivity contribution in [3.63, 3.8) is 0 Å². The quantitative estimate of drug-likeness (QED) is 0.757. The fraction of sp³-hybridized carbons (Fsp3) is 0.500. The third kappa shape index (κ3) is 3.25. The van der Waals surface area contributed by atoms with Crippen molar-refractivity contribution in [1.29, 1.82) is 0 Å². The molecule has 3 N–H and O–H groups in total. The number of carbonyl (C=O) groups is 1. The number of anilines is 1. The van der Waals surface area contributed by atoms with Crippen LogP contribution in [-0.2, 0) is 14.8 Å². The van der Waals surface area contributed by atoms with Gasteiger partial charge in [0.25, 0.3) is 0 Å². The molecule has 116 valence electrons. The minimum Gasteiger partial charge on any atom is -0.396 e. The molecular formula is C14H20N2O4S. The number of aliphatic hydroxyl groups is 1. The number of aliphatic hydroxyl groups excluding tert-OH is 1. The Labute approximate surface area is 124 Å². The average molecular weight is 312 g/mol. The first-order valence-corrected chi connectivity index (χ1v) is 8.20. The van der Waals surface area contributed by atoms with Crippen LogP contribution in [0.2, 0.25) is 0 Å². The molecule has 0 aromatic heterocycles. The van der Waals surface area contributed by atoms with Crippen molar-refractivity contribution in [1.82, 2.24) is 4.72 Å². The van der Waals surface area contributed by atoms with Gasteiger partial charge in [0.15, 0.2) is 0 Å². The zero-order valence-electron chi connectivity index (χ0n) is 12.3. The molecule has 0 spiro atoms. The van der Waals surface area contributed by atoms with Gasteiger partial charge in [0, 0.05) is 24.3 Å². The standard InChI is InChI=1S/C14H20N2O4S/c1-9-11-6-10(4-5-12(11)16-13(9)18)21(19,20)15-7-14(2,3)8-17/h4-6,9,15,17H,7-8H2,1-3H3,(H,16,18). The number of amides is 1. The summed E-state index contributed by atoms with van der Waals surface area (Å²) in [6, 6.07) is 4.58. The molecule has 2 rings (SSSR count). The van der Waals surface area contributed by atoms with Crippen LogP contribution < -0.4 is 10.0 Å². The highest BCUT2D eigenvalue weighted by molar-refractivity contribution is 7.89. The van der Waals surface area contributed by atoms with Gasteiger partial charge in [-0.05, 0) is 30.7 Å². The van der Waals surface area contributed by atoms with E-state index in [1.807, 2.05) is 0 Å². The van der Waals surface area contributed by atoms with Gasteiger partial charge in [0.1, 0.15) is 0 Å². The average Bonchev–Trinajstić information content (AvgIpc) is 2.72. The van der Waals surface area contributed by atoms with Gasteiger partial charge >= 0.3 is 0 Å². The summed E-state index contributed by atoms with van der Waals surface area (Å²) in [6.07, 6.45) is 0. The van der Waals surface area contributed by atoms with Crippen LogP contribution in [0.4, 0.5) is 5.69 Å². The molecule has 1 amide bonds. The van der Waals surface area contributed by atoms with E-state index in [0.717, 1.165) is 0 Å². The summed E-state index contributed by atoms with van der Waals surface area (Å²) in [4.78, 5) is 11.7. The second-order valence-electron chi connectivity index (χ2n) is 6.11. The Balaban J connectivity index is 2.25. The Morgan fingerprint density at radius 1 is 1.38 bits per heavy atom. The Morgan fingerprint density at radius 2 is 2.05 bits per heavy atom. The van der Waals surface area contributed by atoms with Crippen molar-refractivity contribution in [2.45, 2.75) is 31.6 Å². The van der Waals surface area contributed by atoms with Gasteiger partial charge in [-0.3, -0.25) is 4.79 Å². The Hall–Kier alpha value is -1.44. The third-order valence-corrected chi connectivity index (χ3v) is 5.02. The maximum Gasteiger partial charge on any atom is 0.240 e. The van der Waals surface area contributed by atoms with E-state index >= 15 is 0 Å². The third-order valence-electron chi connectivity index (χ3n) is 3.62. The highest BCUT2D eigenvalue weighted by atomic mass is 32.2. The predicted molar refractivity (Wildman–Crippen MR) is 79.5 cm³/mol. The largest absolute Gasteiger partial charge is 0.396 e. The number of rotatable bonds is 5. The van der Waals surface area contributed by atoms with Crippen LogP contribution in [0.1, 0.15) is 32.3 Å². The molecule has 0 bridgehead atoms. The molecule has 1 aromatic rings. The summed E-state index contributed by atoms with van der Waals surface area (Å²) in [5, 5.41) is 11.9. The van der Waals surface area contributed by atoms with Crippen molar-refractivity contribution in [2.75, 3.05) is 18.5 Å². The molecule has 1 aliphatic rings. The van der Waals surface area contributed by atoms with E-state index in [1.165, 1.54) is 12.1 Å². The molecule has 0 saturated heterocycles. The van der Waals surface area contributed by atoms with Gasteiger partial charge < -0.3 is 10.4 Å². The van der Waals surface area contributed by atoms with Gasteiger partial charge in [-0.1, -0.05) is 13.8 Å². The van der Waals surface area contributed by atoms with Crippen molar-refractivity contribution in [2.24, 2.45) is 5.41 Å². The highest BCUT2D eigenvalue weighted by Crippen LogP contribution is 2.33. The number of carbonyl (C=O) groups excluding carboxylic acids is 1. The Morgan fingerprint density at radius 3 is 2.67 bits per heavy atom. The molecule has 1 heterocycles. The number of fused-ring (bicyclic) bond motifs is 1. The van der Waals surface area contributed by atoms with Gasteiger partial charge in [0.05, 0.1) is 10.8 Å². The number of sulfonamides is 1. The molecule has 1 atom stereocenters. The molecule has 1 aromatic carbocycles. The van der Waals surface area contributed by atoms with Crippen LogP contribution in [0.15, 0.2) is 23.1 Å². The lowest BCUT2D eigenvalue weighted by molar-refractivity contribution is -0.116. The lowest BCUT2D eigenvalue weighted by Gasteiger charge is -2.21. The smallest absolute Gasteiger partial charge is 0.240 e. The first-order chi connectivity index (χ1) is 9.66. The highest BCUT2D eigenvalue weighted by Gasteiger charge is 2.29. The minimum absolute atomic E-state index is 0.116. The lowest BCUT2D eigenvalue weighted by Crippen LogP contribution is -2.36. The summed E-state index contributed by atoms with van der Waals surface area (Å²) in [7, 11) is -3.67. The number of hydrogen-bond acceptors (Lipinski definition) is 4. The second kappa shape index (κ2) is 5.40. The van der Waals surface area contributed by atoms with E-state index in [0.29, 0.717) is 11.3 Å². The Kier molecular flexibility index (Phi) is 4.10. The molecule has 6 nitrogen and oxygen atoms in total. The monoisotopic (exact) mass is 312 g/mol. The van der Waals surface area contributed by atoms with Crippen molar-refractivity contribution in [3.05, 3.63) is 23.8 Å². The lowest BCUT2D eigenvalue weighted by atomic mass is 9.96. The Bertz CT molecular complexity index is 668. The van der Waals surface area contributed by atoms with Crippen molar-refractivity contribution >= 4 is 21.6 Å². The molecule has 1 unspecified atom stereocenters. The molecule has 0 fully saturated rings. The molecule has 1 aliphatic heterocycles. The summed E-state index contributed by atoms with van der Waals surface area (Å²) in [6.45, 7) is 5.29. The predicted octanol–water partition coefficient (Wildman–Crippen LogP) is 1.04. The summed E-state index contributed by atoms with van der Waals surface area (Å²) < 4.78 is 27.1. The van der Waals surface area contributed by atoms with Gasteiger partial charge in [-0.2, -0.15) is 0 Å². The van der Waals surface area contributed by atoms with Gasteiger partial charge in [-0.25, -0.2) is 13.1 Å². The summed E-state index contributed by atoms with van der Waals surface area (Å²) in [5.74, 6) is -0.488. The first-order valence-electron chi connectivity index (χ1n) is 6.72. The van der Waals surface area contributed by atoms with Gasteiger partial charge in [0.2, 0.25) is 15.9 Å². The van der Waals surface area contributed by atoms with Crippen molar-refractivity contribution in [3.8, 4) is 0 Å². The minimum atomic E-state index is -3.67. The number of benzene rings is 1. The second-order valence-corrected chi connectivity index (χ2v) is 7.87. The fourth-order valence-electron chi connectivity index (χ4n) is 1.99. The summed E-state index contributed by atoms with van der Waals surface area (Å²) >= 11 is 0. The van der Waals surface area contributed by atoms with Crippen LogP contribution in [0, 0.1) is 5.41 Å². The molecule has 0 aliphatic carbocycles.